The number of nitrogens with zero attached hydrogens (tertiary/aromatic N) is 3. The van der Waals surface area contributed by atoms with Crippen molar-refractivity contribution in [2.45, 2.75) is 4.90 Å². The van der Waals surface area contributed by atoms with Gasteiger partial charge < -0.3 is 20.3 Å². The van der Waals surface area contributed by atoms with Crippen LogP contribution in [-0.4, -0.2) is 37.0 Å². The number of nitrogens with two attached hydrogens (primary N) is 1. The first-order valence-corrected chi connectivity index (χ1v) is 8.48. The van der Waals surface area contributed by atoms with Crippen LogP contribution in [0.1, 0.15) is 5.56 Å². The van der Waals surface area contributed by atoms with Crippen molar-refractivity contribution in [3.8, 4) is 5.75 Å². The normalized spacial score (nSPS) is 14.1. The quantitative estimate of drug-likeness (QED) is 0.871. The van der Waals surface area contributed by atoms with Crippen LogP contribution in [0.25, 0.3) is 5.70 Å². The van der Waals surface area contributed by atoms with Gasteiger partial charge in [-0.05, 0) is 36.6 Å². The second kappa shape index (κ2) is 6.42. The van der Waals surface area contributed by atoms with Crippen LogP contribution in [0.2, 0.25) is 0 Å². The van der Waals surface area contributed by atoms with Crippen LogP contribution in [-0.2, 0) is 0 Å². The molecule has 1 aliphatic heterocycles. The SMILES string of the molecule is COc1ccc(N2C=C(c3ccc(N)nc3)N(C)C2)c(SC)c1. The van der Waals surface area contributed by atoms with Gasteiger partial charge in [0, 0.05) is 29.9 Å². The lowest BCUT2D eigenvalue weighted by Crippen LogP contribution is -2.23. The van der Waals surface area contributed by atoms with Gasteiger partial charge in [0.1, 0.15) is 11.6 Å². The van der Waals surface area contributed by atoms with Crippen molar-refractivity contribution in [3.63, 3.8) is 0 Å². The van der Waals surface area contributed by atoms with E-state index in [2.05, 4.69) is 46.4 Å². The molecule has 0 saturated carbocycles. The molecule has 1 aromatic heterocycles. The van der Waals surface area contributed by atoms with E-state index in [9.17, 15) is 0 Å². The van der Waals surface area contributed by atoms with Gasteiger partial charge in [-0.3, -0.25) is 0 Å². The van der Waals surface area contributed by atoms with Crippen molar-refractivity contribution in [1.29, 1.82) is 0 Å². The van der Waals surface area contributed by atoms with Crippen LogP contribution in [0, 0.1) is 0 Å². The number of ether oxygens (including phenoxy) is 1. The number of methoxy groups -OCH3 is 1. The molecule has 0 saturated heterocycles. The zero-order valence-corrected chi connectivity index (χ0v) is 14.3. The molecule has 120 valence electrons. The summed E-state index contributed by atoms with van der Waals surface area (Å²) in [6, 6.07) is 9.98. The topological polar surface area (TPSA) is 54.6 Å². The first-order valence-electron chi connectivity index (χ1n) is 7.26. The van der Waals surface area contributed by atoms with Crippen molar-refractivity contribution < 1.29 is 4.74 Å². The maximum absolute atomic E-state index is 5.67. The number of aromatic nitrogens is 1. The predicted molar refractivity (Wildman–Crippen MR) is 96.5 cm³/mol. The van der Waals surface area contributed by atoms with Gasteiger partial charge in [0.05, 0.1) is 25.2 Å². The molecule has 5 nitrogen and oxygen atoms in total. The second-order valence-corrected chi connectivity index (χ2v) is 6.18. The van der Waals surface area contributed by atoms with Gasteiger partial charge in [-0.2, -0.15) is 0 Å². The van der Waals surface area contributed by atoms with E-state index in [0.29, 0.717) is 5.82 Å². The fraction of sp³-hybridized carbons (Fsp3) is 0.235. The molecule has 0 aliphatic carbocycles. The van der Waals surface area contributed by atoms with Crippen LogP contribution < -0.4 is 15.4 Å². The van der Waals surface area contributed by atoms with Crippen molar-refractivity contribution in [3.05, 3.63) is 48.3 Å². The smallest absolute Gasteiger partial charge is 0.123 e. The molecule has 0 bridgehead atoms. The minimum Gasteiger partial charge on any atom is -0.497 e. The Bertz CT molecular complexity index is 730. The molecule has 1 aliphatic rings. The van der Waals surface area contributed by atoms with Gasteiger partial charge in [-0.15, -0.1) is 11.8 Å². The zero-order valence-electron chi connectivity index (χ0n) is 13.5. The highest BCUT2D eigenvalue weighted by molar-refractivity contribution is 7.98. The third kappa shape index (κ3) is 3.07. The number of pyridine rings is 1. The van der Waals surface area contributed by atoms with Gasteiger partial charge in [0.2, 0.25) is 0 Å². The minimum atomic E-state index is 0.534. The summed E-state index contributed by atoms with van der Waals surface area (Å²) in [5, 5.41) is 0. The standard InChI is InChI=1S/C17H20N4OS/c1-20-11-21(10-15(20)12-4-7-17(18)19-9-12)14-6-5-13(22-2)8-16(14)23-3/h4-10H,11H2,1-3H3,(H2,18,19). The Kier molecular flexibility index (Phi) is 4.34. The Morgan fingerprint density at radius 2 is 2.09 bits per heavy atom. The molecule has 2 aromatic rings. The molecular formula is C17H20N4OS. The average molecular weight is 328 g/mol. The summed E-state index contributed by atoms with van der Waals surface area (Å²) in [6.45, 7) is 0.791. The lowest BCUT2D eigenvalue weighted by molar-refractivity contribution is 0.413. The molecule has 0 fully saturated rings. The summed E-state index contributed by atoms with van der Waals surface area (Å²) < 4.78 is 5.32. The third-order valence-corrected chi connectivity index (χ3v) is 4.60. The number of benzene rings is 1. The Morgan fingerprint density at radius 3 is 2.74 bits per heavy atom. The van der Waals surface area contributed by atoms with Crippen LogP contribution in [0.15, 0.2) is 47.6 Å². The number of hydrogen-bond donors (Lipinski definition) is 1. The Hall–Kier alpha value is -2.34. The molecule has 3 rings (SSSR count). The van der Waals surface area contributed by atoms with E-state index in [0.717, 1.165) is 23.7 Å². The molecule has 0 amide bonds. The number of rotatable bonds is 4. The van der Waals surface area contributed by atoms with E-state index in [-0.39, 0.29) is 0 Å². The molecule has 1 aromatic carbocycles. The van der Waals surface area contributed by atoms with E-state index in [4.69, 9.17) is 10.5 Å². The molecule has 2 heterocycles. The maximum atomic E-state index is 5.67. The summed E-state index contributed by atoms with van der Waals surface area (Å²) in [5.74, 6) is 1.41. The summed E-state index contributed by atoms with van der Waals surface area (Å²) >= 11 is 1.71. The van der Waals surface area contributed by atoms with Gasteiger partial charge in [0.25, 0.3) is 0 Å². The highest BCUT2D eigenvalue weighted by atomic mass is 32.2. The molecule has 0 spiro atoms. The summed E-state index contributed by atoms with van der Waals surface area (Å²) in [6.07, 6.45) is 6.03. The van der Waals surface area contributed by atoms with Gasteiger partial charge in [-0.25, -0.2) is 4.98 Å². The van der Waals surface area contributed by atoms with Crippen LogP contribution >= 0.6 is 11.8 Å². The van der Waals surface area contributed by atoms with Gasteiger partial charge >= 0.3 is 0 Å². The number of hydrogen-bond acceptors (Lipinski definition) is 6. The first-order chi connectivity index (χ1) is 11.1. The Balaban J connectivity index is 1.94. The van der Waals surface area contributed by atoms with Crippen molar-refractivity contribution in [2.75, 3.05) is 37.7 Å². The second-order valence-electron chi connectivity index (χ2n) is 5.33. The lowest BCUT2D eigenvalue weighted by Gasteiger charge is -2.21. The van der Waals surface area contributed by atoms with E-state index < -0.39 is 0 Å². The average Bonchev–Trinajstić information content (AvgIpc) is 2.96. The number of nitrogen functional groups attached to an aromatic ring is 1. The molecule has 2 N–H and O–H groups in total. The molecule has 0 unspecified atom stereocenters. The highest BCUT2D eigenvalue weighted by Gasteiger charge is 2.22. The largest absolute Gasteiger partial charge is 0.497 e. The molecular weight excluding hydrogens is 308 g/mol. The summed E-state index contributed by atoms with van der Waals surface area (Å²) in [5.41, 5.74) is 9.03. The highest BCUT2D eigenvalue weighted by Crippen LogP contribution is 2.36. The van der Waals surface area contributed by atoms with Crippen LogP contribution in [0.5, 0.6) is 5.75 Å². The summed E-state index contributed by atoms with van der Waals surface area (Å²) in [7, 11) is 3.76. The third-order valence-electron chi connectivity index (χ3n) is 3.83. The van der Waals surface area contributed by atoms with Gasteiger partial charge in [0.15, 0.2) is 0 Å². The fourth-order valence-corrected chi connectivity index (χ4v) is 3.24. The molecule has 0 atom stereocenters. The van der Waals surface area contributed by atoms with E-state index in [1.165, 1.54) is 10.6 Å². The maximum Gasteiger partial charge on any atom is 0.123 e. The minimum absolute atomic E-state index is 0.534. The number of anilines is 2. The first kappa shape index (κ1) is 15.6. The monoisotopic (exact) mass is 328 g/mol. The Labute approximate surface area is 140 Å². The lowest BCUT2D eigenvalue weighted by atomic mass is 10.2. The van der Waals surface area contributed by atoms with Crippen LogP contribution in [0.3, 0.4) is 0 Å². The van der Waals surface area contributed by atoms with E-state index in [1.807, 2.05) is 24.4 Å². The van der Waals surface area contributed by atoms with E-state index in [1.54, 1.807) is 18.9 Å². The van der Waals surface area contributed by atoms with Gasteiger partial charge in [-0.1, -0.05) is 0 Å². The molecule has 0 radical (unpaired) electrons. The van der Waals surface area contributed by atoms with Crippen molar-refractivity contribution in [2.24, 2.45) is 0 Å². The number of thioether (sulfide) groups is 1. The molecule has 6 heteroatoms. The summed E-state index contributed by atoms with van der Waals surface area (Å²) in [4.78, 5) is 9.80. The van der Waals surface area contributed by atoms with Crippen molar-refractivity contribution in [1.82, 2.24) is 9.88 Å². The Morgan fingerprint density at radius 1 is 1.26 bits per heavy atom. The zero-order chi connectivity index (χ0) is 16.4. The van der Waals surface area contributed by atoms with Crippen LogP contribution in [0.4, 0.5) is 11.5 Å². The predicted octanol–water partition coefficient (Wildman–Crippen LogP) is 3.10. The fourth-order valence-electron chi connectivity index (χ4n) is 2.61. The molecule has 23 heavy (non-hydrogen) atoms. The van der Waals surface area contributed by atoms with Crippen molar-refractivity contribution >= 4 is 29.0 Å². The van der Waals surface area contributed by atoms with E-state index >= 15 is 0 Å².